The van der Waals surface area contributed by atoms with E-state index in [0.29, 0.717) is 6.04 Å². The number of nitrogens with one attached hydrogen (secondary N) is 1. The maximum atomic E-state index is 13.6. The molecule has 2 nitrogen and oxygen atoms in total. The highest BCUT2D eigenvalue weighted by Gasteiger charge is 2.36. The third-order valence-corrected chi connectivity index (χ3v) is 4.30. The van der Waals surface area contributed by atoms with E-state index in [1.54, 1.807) is 6.07 Å². The first-order chi connectivity index (χ1) is 8.74. The topological polar surface area (TPSA) is 15.3 Å². The number of piperazine rings is 1. The molecule has 20 heavy (non-hydrogen) atoms. The van der Waals surface area contributed by atoms with Gasteiger partial charge in [-0.1, -0.05) is 15.9 Å². The van der Waals surface area contributed by atoms with Gasteiger partial charge in [0, 0.05) is 36.7 Å². The predicted octanol–water partition coefficient (Wildman–Crippen LogP) is 3.79. The second-order valence-electron chi connectivity index (χ2n) is 5.27. The third kappa shape index (κ3) is 4.31. The monoisotopic (exact) mass is 384 g/mol. The van der Waals surface area contributed by atoms with Gasteiger partial charge in [-0.15, -0.1) is 24.8 Å². The molecule has 1 saturated carbocycles. The summed E-state index contributed by atoms with van der Waals surface area (Å²) >= 11 is 3.40. The number of halogens is 4. The molecule has 1 atom stereocenters. The van der Waals surface area contributed by atoms with Gasteiger partial charge in [-0.2, -0.15) is 0 Å². The lowest BCUT2D eigenvalue weighted by molar-refractivity contribution is 0.156. The Bertz CT molecular complexity index is 417. The Balaban J connectivity index is 0.000001000. The van der Waals surface area contributed by atoms with E-state index in [4.69, 9.17) is 0 Å². The van der Waals surface area contributed by atoms with E-state index in [1.807, 2.05) is 0 Å². The summed E-state index contributed by atoms with van der Waals surface area (Å²) in [6, 6.07) is 5.72. The van der Waals surface area contributed by atoms with Crippen molar-refractivity contribution in [1.82, 2.24) is 10.2 Å². The molecule has 1 aromatic carbocycles. The van der Waals surface area contributed by atoms with Gasteiger partial charge in [0.25, 0.3) is 0 Å². The minimum absolute atomic E-state index is 0. The predicted molar refractivity (Wildman–Crippen MR) is 88.5 cm³/mol. The zero-order valence-corrected chi connectivity index (χ0v) is 14.4. The Labute approximate surface area is 140 Å². The van der Waals surface area contributed by atoms with E-state index in [2.05, 4.69) is 32.2 Å². The van der Waals surface area contributed by atoms with Crippen LogP contribution in [0.2, 0.25) is 0 Å². The fourth-order valence-corrected chi connectivity index (χ4v) is 3.38. The quantitative estimate of drug-likeness (QED) is 0.851. The van der Waals surface area contributed by atoms with Crippen molar-refractivity contribution in [2.24, 2.45) is 5.92 Å². The summed E-state index contributed by atoms with van der Waals surface area (Å²) in [5.74, 6) is 0.581. The van der Waals surface area contributed by atoms with Gasteiger partial charge in [0.2, 0.25) is 0 Å². The molecule has 1 aliphatic carbocycles. The van der Waals surface area contributed by atoms with Crippen LogP contribution in [0.5, 0.6) is 0 Å². The normalized spacial score (nSPS) is 20.7. The summed E-state index contributed by atoms with van der Waals surface area (Å²) in [6.07, 6.45) is 2.56. The van der Waals surface area contributed by atoms with Crippen LogP contribution in [-0.4, -0.2) is 31.1 Å². The molecule has 0 bridgehead atoms. The molecule has 1 aliphatic heterocycles. The van der Waals surface area contributed by atoms with Gasteiger partial charge in [0.1, 0.15) is 5.82 Å². The van der Waals surface area contributed by atoms with Crippen LogP contribution in [0.4, 0.5) is 4.39 Å². The van der Waals surface area contributed by atoms with Crippen LogP contribution >= 0.6 is 40.7 Å². The summed E-state index contributed by atoms with van der Waals surface area (Å²) in [4.78, 5) is 2.51. The van der Waals surface area contributed by atoms with Crippen molar-refractivity contribution in [3.63, 3.8) is 0 Å². The Kier molecular flexibility index (Phi) is 7.22. The van der Waals surface area contributed by atoms with Crippen LogP contribution in [0, 0.1) is 11.7 Å². The third-order valence-electron chi connectivity index (χ3n) is 3.84. The van der Waals surface area contributed by atoms with Crippen LogP contribution in [0.15, 0.2) is 22.7 Å². The lowest BCUT2D eigenvalue weighted by atomic mass is 9.99. The summed E-state index contributed by atoms with van der Waals surface area (Å²) < 4.78 is 14.4. The molecule has 3 rings (SSSR count). The molecule has 2 fully saturated rings. The molecule has 0 radical (unpaired) electrons. The minimum atomic E-state index is -0.139. The molecular weight excluding hydrogens is 366 g/mol. The van der Waals surface area contributed by atoms with Crippen molar-refractivity contribution in [2.45, 2.75) is 18.9 Å². The van der Waals surface area contributed by atoms with Gasteiger partial charge in [-0.25, -0.2) is 4.39 Å². The molecule has 1 heterocycles. The van der Waals surface area contributed by atoms with Crippen LogP contribution in [0.3, 0.4) is 0 Å². The van der Waals surface area contributed by atoms with Crippen molar-refractivity contribution in [1.29, 1.82) is 0 Å². The highest BCUT2D eigenvalue weighted by Crippen LogP contribution is 2.45. The largest absolute Gasteiger partial charge is 0.314 e. The standard InChI is InChI=1S/C14H18BrFN2.2ClH/c15-12-7-11(8-13(16)9-12)14(10-1-2-10)18-5-3-17-4-6-18;;/h7-10,14,17H,1-6H2;2*1H/t14-;;/m1../s1. The number of benzene rings is 1. The van der Waals surface area contributed by atoms with Crippen molar-refractivity contribution in [3.8, 4) is 0 Å². The molecule has 1 saturated heterocycles. The Morgan fingerprint density at radius 2 is 1.80 bits per heavy atom. The van der Waals surface area contributed by atoms with E-state index in [-0.39, 0.29) is 30.6 Å². The van der Waals surface area contributed by atoms with E-state index in [1.165, 1.54) is 18.9 Å². The van der Waals surface area contributed by atoms with Gasteiger partial charge in [-0.3, -0.25) is 4.90 Å². The van der Waals surface area contributed by atoms with Crippen molar-refractivity contribution < 1.29 is 4.39 Å². The van der Waals surface area contributed by atoms with Gasteiger partial charge in [0.05, 0.1) is 0 Å². The molecule has 0 unspecified atom stereocenters. The number of rotatable bonds is 3. The highest BCUT2D eigenvalue weighted by molar-refractivity contribution is 9.10. The first kappa shape index (κ1) is 18.2. The number of hydrogen-bond donors (Lipinski definition) is 1. The zero-order valence-electron chi connectivity index (χ0n) is 11.1. The lowest BCUT2D eigenvalue weighted by Gasteiger charge is -2.35. The van der Waals surface area contributed by atoms with E-state index < -0.39 is 0 Å². The van der Waals surface area contributed by atoms with Crippen molar-refractivity contribution in [2.75, 3.05) is 26.2 Å². The van der Waals surface area contributed by atoms with Crippen molar-refractivity contribution in [3.05, 3.63) is 34.1 Å². The van der Waals surface area contributed by atoms with Crippen molar-refractivity contribution >= 4 is 40.7 Å². The Hall–Kier alpha value is 0.130. The summed E-state index contributed by atoms with van der Waals surface area (Å²) in [7, 11) is 0. The van der Waals surface area contributed by atoms with E-state index >= 15 is 0 Å². The molecule has 1 aromatic rings. The van der Waals surface area contributed by atoms with E-state index in [0.717, 1.165) is 42.1 Å². The van der Waals surface area contributed by atoms with Crippen LogP contribution in [0.1, 0.15) is 24.4 Å². The second kappa shape index (κ2) is 7.95. The van der Waals surface area contributed by atoms with Gasteiger partial charge in [-0.05, 0) is 42.5 Å². The highest BCUT2D eigenvalue weighted by atomic mass is 79.9. The molecule has 0 aromatic heterocycles. The molecule has 0 spiro atoms. The second-order valence-corrected chi connectivity index (χ2v) is 6.19. The average molecular weight is 386 g/mol. The smallest absolute Gasteiger partial charge is 0.124 e. The first-order valence-electron chi connectivity index (χ1n) is 6.65. The zero-order chi connectivity index (χ0) is 12.5. The first-order valence-corrected chi connectivity index (χ1v) is 7.44. The van der Waals surface area contributed by atoms with E-state index in [9.17, 15) is 4.39 Å². The SMILES string of the molecule is Cl.Cl.Fc1cc(Br)cc([C@@H](C2CC2)N2CCNCC2)c1. The average Bonchev–Trinajstić information content (AvgIpc) is 3.14. The molecular formula is C14H20BrCl2FN2. The lowest BCUT2D eigenvalue weighted by Crippen LogP contribution is -2.45. The van der Waals surface area contributed by atoms with Gasteiger partial charge in [0.15, 0.2) is 0 Å². The number of nitrogens with zero attached hydrogens (tertiary/aromatic N) is 1. The maximum Gasteiger partial charge on any atom is 0.124 e. The maximum absolute atomic E-state index is 13.6. The molecule has 0 amide bonds. The fraction of sp³-hybridized carbons (Fsp3) is 0.571. The van der Waals surface area contributed by atoms with Crippen LogP contribution < -0.4 is 5.32 Å². The molecule has 1 N–H and O–H groups in total. The van der Waals surface area contributed by atoms with Crippen LogP contribution in [0.25, 0.3) is 0 Å². The fourth-order valence-electron chi connectivity index (χ4n) is 2.90. The van der Waals surface area contributed by atoms with Gasteiger partial charge >= 0.3 is 0 Å². The molecule has 6 heteroatoms. The summed E-state index contributed by atoms with van der Waals surface area (Å²) in [5, 5.41) is 3.38. The number of hydrogen-bond acceptors (Lipinski definition) is 2. The Morgan fingerprint density at radius 1 is 1.15 bits per heavy atom. The van der Waals surface area contributed by atoms with Gasteiger partial charge < -0.3 is 5.32 Å². The Morgan fingerprint density at radius 3 is 2.35 bits per heavy atom. The van der Waals surface area contributed by atoms with Crippen LogP contribution in [-0.2, 0) is 0 Å². The summed E-state index contributed by atoms with van der Waals surface area (Å²) in [6.45, 7) is 4.21. The molecule has 114 valence electrons. The molecule has 2 aliphatic rings. The minimum Gasteiger partial charge on any atom is -0.314 e. The summed E-state index contributed by atoms with van der Waals surface area (Å²) in [5.41, 5.74) is 1.13.